The van der Waals surface area contributed by atoms with E-state index in [1.165, 1.54) is 0 Å². The highest BCUT2D eigenvalue weighted by atomic mass is 32.2. The second-order valence-electron chi connectivity index (χ2n) is 2.76. The Labute approximate surface area is 78.4 Å². The summed E-state index contributed by atoms with van der Waals surface area (Å²) in [6, 6.07) is 0. The number of carbonyl (C=O) groups is 1. The molecule has 0 bridgehead atoms. The molecular formula is C8H18N2OS. The summed E-state index contributed by atoms with van der Waals surface area (Å²) in [4.78, 5) is 11.1. The van der Waals surface area contributed by atoms with Gasteiger partial charge in [0.25, 0.3) is 0 Å². The first-order valence-electron chi connectivity index (χ1n) is 4.31. The fraction of sp³-hybridized carbons (Fsp3) is 0.875. The van der Waals surface area contributed by atoms with E-state index in [-0.39, 0.29) is 11.2 Å². The summed E-state index contributed by atoms with van der Waals surface area (Å²) in [5, 5.41) is 0.525. The number of nitrogens with one attached hydrogen (secondary N) is 1. The van der Waals surface area contributed by atoms with Gasteiger partial charge in [0.2, 0.25) is 5.91 Å². The van der Waals surface area contributed by atoms with E-state index in [1.807, 2.05) is 6.92 Å². The molecule has 4 heteroatoms. The van der Waals surface area contributed by atoms with Gasteiger partial charge in [0.05, 0.1) is 5.25 Å². The molecule has 0 radical (unpaired) electrons. The van der Waals surface area contributed by atoms with E-state index < -0.39 is 0 Å². The number of hydrazine groups is 1. The van der Waals surface area contributed by atoms with E-state index in [1.54, 1.807) is 11.8 Å². The van der Waals surface area contributed by atoms with E-state index in [9.17, 15) is 4.79 Å². The van der Waals surface area contributed by atoms with Gasteiger partial charge in [-0.25, -0.2) is 5.84 Å². The van der Waals surface area contributed by atoms with Crippen LogP contribution in [0.4, 0.5) is 0 Å². The molecule has 0 aliphatic rings. The number of hydrogen-bond acceptors (Lipinski definition) is 3. The first-order valence-corrected chi connectivity index (χ1v) is 5.25. The normalized spacial score (nSPS) is 15.3. The van der Waals surface area contributed by atoms with Gasteiger partial charge in [-0.3, -0.25) is 10.2 Å². The van der Waals surface area contributed by atoms with Crippen molar-refractivity contribution in [2.45, 2.75) is 44.1 Å². The van der Waals surface area contributed by atoms with E-state index in [0.717, 1.165) is 12.8 Å². The summed E-state index contributed by atoms with van der Waals surface area (Å²) >= 11 is 1.69. The Balaban J connectivity index is 3.90. The van der Waals surface area contributed by atoms with Crippen molar-refractivity contribution in [1.29, 1.82) is 0 Å². The van der Waals surface area contributed by atoms with Crippen molar-refractivity contribution in [3.05, 3.63) is 0 Å². The Morgan fingerprint density at radius 1 is 1.50 bits per heavy atom. The average Bonchev–Trinajstić information content (AvgIpc) is 2.12. The molecule has 0 rings (SSSR count). The Hall–Kier alpha value is -0.220. The summed E-state index contributed by atoms with van der Waals surface area (Å²) in [6.45, 7) is 6.23. The van der Waals surface area contributed by atoms with Gasteiger partial charge in [-0.2, -0.15) is 0 Å². The number of hydrogen-bond donors (Lipinski definition) is 2. The Kier molecular flexibility index (Phi) is 6.20. The van der Waals surface area contributed by atoms with Crippen molar-refractivity contribution < 1.29 is 4.79 Å². The van der Waals surface area contributed by atoms with Gasteiger partial charge >= 0.3 is 0 Å². The number of nitrogens with two attached hydrogens (primary N) is 1. The maximum absolute atomic E-state index is 11.1. The van der Waals surface area contributed by atoms with Gasteiger partial charge in [-0.1, -0.05) is 20.8 Å². The first-order chi connectivity index (χ1) is 5.65. The van der Waals surface area contributed by atoms with Crippen LogP contribution in [-0.2, 0) is 4.79 Å². The Bertz CT molecular complexity index is 141. The van der Waals surface area contributed by atoms with E-state index in [0.29, 0.717) is 5.25 Å². The third kappa shape index (κ3) is 3.97. The van der Waals surface area contributed by atoms with Crippen LogP contribution in [0.25, 0.3) is 0 Å². The molecule has 72 valence electrons. The molecule has 0 aliphatic carbocycles. The molecule has 0 aromatic heterocycles. The predicted molar refractivity (Wildman–Crippen MR) is 53.8 cm³/mol. The van der Waals surface area contributed by atoms with Gasteiger partial charge in [0, 0.05) is 5.25 Å². The Morgan fingerprint density at radius 2 is 2.08 bits per heavy atom. The van der Waals surface area contributed by atoms with E-state index >= 15 is 0 Å². The van der Waals surface area contributed by atoms with Crippen molar-refractivity contribution in [3.8, 4) is 0 Å². The molecule has 3 nitrogen and oxygen atoms in total. The largest absolute Gasteiger partial charge is 0.293 e. The molecule has 3 N–H and O–H groups in total. The molecule has 0 spiro atoms. The van der Waals surface area contributed by atoms with Gasteiger partial charge in [-0.15, -0.1) is 11.8 Å². The maximum Gasteiger partial charge on any atom is 0.246 e. The lowest BCUT2D eigenvalue weighted by molar-refractivity contribution is -0.120. The minimum atomic E-state index is -0.0669. The molecule has 2 atom stereocenters. The lowest BCUT2D eigenvalue weighted by Crippen LogP contribution is -2.37. The third-order valence-electron chi connectivity index (χ3n) is 1.78. The molecule has 0 heterocycles. The van der Waals surface area contributed by atoms with Crippen LogP contribution in [0.5, 0.6) is 0 Å². The van der Waals surface area contributed by atoms with Crippen molar-refractivity contribution in [2.24, 2.45) is 5.84 Å². The Morgan fingerprint density at radius 3 is 2.42 bits per heavy atom. The lowest BCUT2D eigenvalue weighted by atomic mass is 10.3. The lowest BCUT2D eigenvalue weighted by Gasteiger charge is -2.16. The van der Waals surface area contributed by atoms with Crippen LogP contribution < -0.4 is 11.3 Å². The molecule has 0 aromatic rings. The van der Waals surface area contributed by atoms with Gasteiger partial charge in [-0.05, 0) is 12.8 Å². The number of amides is 1. The molecule has 0 aliphatic heterocycles. The molecule has 1 amide bonds. The number of thioether (sulfide) groups is 1. The van der Waals surface area contributed by atoms with Crippen molar-refractivity contribution in [2.75, 3.05) is 0 Å². The first kappa shape index (κ1) is 11.8. The van der Waals surface area contributed by atoms with Gasteiger partial charge in [0.15, 0.2) is 0 Å². The zero-order valence-electron chi connectivity index (χ0n) is 7.96. The molecule has 0 aromatic carbocycles. The fourth-order valence-corrected chi connectivity index (χ4v) is 1.95. The smallest absolute Gasteiger partial charge is 0.246 e. The zero-order chi connectivity index (χ0) is 9.56. The molecule has 0 saturated carbocycles. The van der Waals surface area contributed by atoms with Crippen molar-refractivity contribution in [3.63, 3.8) is 0 Å². The van der Waals surface area contributed by atoms with Crippen LogP contribution in [0.15, 0.2) is 0 Å². The van der Waals surface area contributed by atoms with Crippen molar-refractivity contribution >= 4 is 17.7 Å². The third-order valence-corrected chi connectivity index (χ3v) is 3.45. The summed E-state index contributed by atoms with van der Waals surface area (Å²) in [5.41, 5.74) is 2.19. The average molecular weight is 190 g/mol. The molecule has 2 unspecified atom stereocenters. The second kappa shape index (κ2) is 6.31. The topological polar surface area (TPSA) is 55.1 Å². The van der Waals surface area contributed by atoms with Crippen LogP contribution in [0.2, 0.25) is 0 Å². The minimum Gasteiger partial charge on any atom is -0.293 e. The number of carbonyl (C=O) groups excluding carboxylic acids is 1. The minimum absolute atomic E-state index is 0.00458. The van der Waals surface area contributed by atoms with Crippen molar-refractivity contribution in [1.82, 2.24) is 5.43 Å². The second-order valence-corrected chi connectivity index (χ2v) is 4.41. The van der Waals surface area contributed by atoms with Crippen LogP contribution in [0, 0.1) is 0 Å². The number of rotatable bonds is 5. The highest BCUT2D eigenvalue weighted by Crippen LogP contribution is 2.22. The van der Waals surface area contributed by atoms with Crippen LogP contribution in [-0.4, -0.2) is 16.4 Å². The molecular weight excluding hydrogens is 172 g/mol. The predicted octanol–water partition coefficient (Wildman–Crippen LogP) is 1.29. The summed E-state index contributed by atoms with van der Waals surface area (Å²) in [5.74, 6) is 4.99. The monoisotopic (exact) mass is 190 g/mol. The summed E-state index contributed by atoms with van der Waals surface area (Å²) in [7, 11) is 0. The van der Waals surface area contributed by atoms with E-state index in [4.69, 9.17) is 5.84 Å². The molecule has 0 fully saturated rings. The van der Waals surface area contributed by atoms with Gasteiger partial charge < -0.3 is 0 Å². The standard InChI is InChI=1S/C8H18N2OS/c1-4-6(3)12-7(5-2)8(11)10-9/h6-7H,4-5,9H2,1-3H3,(H,10,11). The van der Waals surface area contributed by atoms with Crippen LogP contribution in [0.1, 0.15) is 33.6 Å². The highest BCUT2D eigenvalue weighted by molar-refractivity contribution is 8.01. The van der Waals surface area contributed by atoms with Crippen LogP contribution >= 0.6 is 11.8 Å². The SMILES string of the molecule is CCC(C)SC(CC)C(=O)NN. The molecule has 0 saturated heterocycles. The molecule has 12 heavy (non-hydrogen) atoms. The highest BCUT2D eigenvalue weighted by Gasteiger charge is 2.17. The summed E-state index contributed by atoms with van der Waals surface area (Å²) < 4.78 is 0. The van der Waals surface area contributed by atoms with E-state index in [2.05, 4.69) is 19.3 Å². The fourth-order valence-electron chi connectivity index (χ4n) is 0.813. The quantitative estimate of drug-likeness (QED) is 0.390. The maximum atomic E-state index is 11.1. The van der Waals surface area contributed by atoms with Gasteiger partial charge in [0.1, 0.15) is 0 Å². The van der Waals surface area contributed by atoms with Crippen LogP contribution in [0.3, 0.4) is 0 Å². The summed E-state index contributed by atoms with van der Waals surface area (Å²) in [6.07, 6.45) is 1.91. The zero-order valence-corrected chi connectivity index (χ0v) is 8.78.